The summed E-state index contributed by atoms with van der Waals surface area (Å²) in [6.45, 7) is 4.74. The lowest BCUT2D eigenvalue weighted by Crippen LogP contribution is -2.28. The maximum Gasteiger partial charge on any atom is 0.220 e. The molecule has 1 aromatic heterocycles. The number of nitrogens with zero attached hydrogens (tertiary/aromatic N) is 2. The number of benzene rings is 3. The number of carbonyl (C=O) groups excluding carboxylic acids is 1. The fourth-order valence-electron chi connectivity index (χ4n) is 3.72. The van der Waals surface area contributed by atoms with Crippen molar-refractivity contribution in [1.82, 2.24) is 14.9 Å². The smallest absolute Gasteiger partial charge is 0.220 e. The Kier molecular flexibility index (Phi) is 5.11. The number of para-hydroxylation sites is 2. The minimum absolute atomic E-state index is 0.0688. The number of rotatable bonds is 6. The normalized spacial score (nSPS) is 12.4. The summed E-state index contributed by atoms with van der Waals surface area (Å²) in [5.41, 5.74) is 3.26. The van der Waals surface area contributed by atoms with E-state index in [1.807, 2.05) is 32.0 Å². The third-order valence-electron chi connectivity index (χ3n) is 5.08. The van der Waals surface area contributed by atoms with Crippen LogP contribution in [0.15, 0.2) is 66.7 Å². The molecule has 4 nitrogen and oxygen atoms in total. The van der Waals surface area contributed by atoms with Crippen LogP contribution in [-0.4, -0.2) is 15.5 Å². The molecule has 4 aromatic rings. The number of imidazole rings is 1. The molecule has 0 aliphatic heterocycles. The van der Waals surface area contributed by atoms with Gasteiger partial charge in [0.2, 0.25) is 5.91 Å². The Labute approximate surface area is 165 Å². The minimum atomic E-state index is -0.146. The van der Waals surface area contributed by atoms with Crippen molar-refractivity contribution in [3.63, 3.8) is 0 Å². The van der Waals surface area contributed by atoms with Gasteiger partial charge in [-0.2, -0.15) is 0 Å². The van der Waals surface area contributed by atoms with Crippen LogP contribution in [0.5, 0.6) is 0 Å². The molecule has 0 bridgehead atoms. The summed E-state index contributed by atoms with van der Waals surface area (Å²) in [5.74, 6) is 0.957. The van der Waals surface area contributed by atoms with Gasteiger partial charge < -0.3 is 9.88 Å². The fraction of sp³-hybridized carbons (Fsp3) is 0.250. The third kappa shape index (κ3) is 3.63. The number of carbonyl (C=O) groups is 1. The van der Waals surface area contributed by atoms with Crippen LogP contribution in [0.1, 0.15) is 44.1 Å². The van der Waals surface area contributed by atoms with E-state index in [2.05, 4.69) is 58.4 Å². The van der Waals surface area contributed by atoms with Crippen molar-refractivity contribution in [3.8, 4) is 0 Å². The van der Waals surface area contributed by atoms with Crippen molar-refractivity contribution in [2.45, 2.75) is 39.3 Å². The van der Waals surface area contributed by atoms with E-state index in [1.165, 1.54) is 16.3 Å². The van der Waals surface area contributed by atoms with Crippen molar-refractivity contribution >= 4 is 27.7 Å². The first-order valence-electron chi connectivity index (χ1n) is 9.88. The maximum atomic E-state index is 12.1. The number of amides is 1. The largest absolute Gasteiger partial charge is 0.346 e. The maximum absolute atomic E-state index is 12.1. The highest BCUT2D eigenvalue weighted by atomic mass is 16.1. The van der Waals surface area contributed by atoms with Crippen molar-refractivity contribution in [3.05, 3.63) is 78.1 Å². The average molecular weight is 371 g/mol. The van der Waals surface area contributed by atoms with E-state index in [-0.39, 0.29) is 11.9 Å². The molecule has 0 aliphatic rings. The molecule has 142 valence electrons. The molecule has 0 aliphatic carbocycles. The molecule has 0 saturated carbocycles. The van der Waals surface area contributed by atoms with E-state index in [1.54, 1.807) is 0 Å². The van der Waals surface area contributed by atoms with E-state index in [0.29, 0.717) is 13.0 Å². The molecular formula is C24H25N3O. The second-order valence-electron chi connectivity index (χ2n) is 7.27. The number of aromatic nitrogens is 2. The highest BCUT2D eigenvalue weighted by Crippen LogP contribution is 2.24. The van der Waals surface area contributed by atoms with E-state index in [4.69, 9.17) is 4.98 Å². The van der Waals surface area contributed by atoms with Gasteiger partial charge in [0.15, 0.2) is 0 Å². The van der Waals surface area contributed by atoms with Gasteiger partial charge in [-0.3, -0.25) is 4.79 Å². The molecule has 28 heavy (non-hydrogen) atoms. The standard InChI is InChI=1S/C24H25N3O/c1-3-8-23(28)25-17(2)24-26-21-11-6-7-12-22(21)27(24)16-18-13-14-19-9-4-5-10-20(19)15-18/h4-7,9-15,17H,3,8,16H2,1-2H3,(H,25,28). The summed E-state index contributed by atoms with van der Waals surface area (Å²) in [4.78, 5) is 16.9. The van der Waals surface area contributed by atoms with Gasteiger partial charge in [0.25, 0.3) is 0 Å². The predicted octanol–water partition coefficient (Wildman–Crippen LogP) is 5.22. The second kappa shape index (κ2) is 7.85. The Morgan fingerprint density at radius 1 is 1.04 bits per heavy atom. The van der Waals surface area contributed by atoms with Crippen LogP contribution in [0.3, 0.4) is 0 Å². The van der Waals surface area contributed by atoms with Crippen LogP contribution in [-0.2, 0) is 11.3 Å². The molecule has 4 heteroatoms. The first-order valence-corrected chi connectivity index (χ1v) is 9.88. The molecule has 0 radical (unpaired) electrons. The Morgan fingerprint density at radius 3 is 2.61 bits per heavy atom. The topological polar surface area (TPSA) is 46.9 Å². The number of hydrogen-bond donors (Lipinski definition) is 1. The zero-order valence-corrected chi connectivity index (χ0v) is 16.4. The summed E-state index contributed by atoms with van der Waals surface area (Å²) >= 11 is 0. The number of fused-ring (bicyclic) bond motifs is 2. The lowest BCUT2D eigenvalue weighted by Gasteiger charge is -2.16. The Hall–Kier alpha value is -3.14. The summed E-state index contributed by atoms with van der Waals surface area (Å²) in [5, 5.41) is 5.56. The monoisotopic (exact) mass is 371 g/mol. The van der Waals surface area contributed by atoms with Gasteiger partial charge >= 0.3 is 0 Å². The van der Waals surface area contributed by atoms with Gasteiger partial charge in [-0.25, -0.2) is 4.98 Å². The lowest BCUT2D eigenvalue weighted by atomic mass is 10.1. The molecule has 0 spiro atoms. The Bertz CT molecular complexity index is 1130. The molecule has 0 saturated heterocycles. The van der Waals surface area contributed by atoms with E-state index in [0.717, 1.165) is 23.3 Å². The molecular weight excluding hydrogens is 346 g/mol. The van der Waals surface area contributed by atoms with Crippen molar-refractivity contribution in [2.75, 3.05) is 0 Å². The highest BCUT2D eigenvalue weighted by Gasteiger charge is 2.18. The van der Waals surface area contributed by atoms with Crippen LogP contribution in [0.25, 0.3) is 21.8 Å². The average Bonchev–Trinajstić information content (AvgIpc) is 3.07. The van der Waals surface area contributed by atoms with Crippen molar-refractivity contribution in [2.24, 2.45) is 0 Å². The second-order valence-corrected chi connectivity index (χ2v) is 7.27. The minimum Gasteiger partial charge on any atom is -0.346 e. The van der Waals surface area contributed by atoms with Gasteiger partial charge in [0, 0.05) is 13.0 Å². The zero-order valence-electron chi connectivity index (χ0n) is 16.4. The van der Waals surface area contributed by atoms with Crippen LogP contribution in [0.4, 0.5) is 0 Å². The molecule has 3 aromatic carbocycles. The van der Waals surface area contributed by atoms with Gasteiger partial charge in [-0.05, 0) is 47.9 Å². The van der Waals surface area contributed by atoms with E-state index in [9.17, 15) is 4.79 Å². The Morgan fingerprint density at radius 2 is 1.79 bits per heavy atom. The SMILES string of the molecule is CCCC(=O)NC(C)c1nc2ccccc2n1Cc1ccc2ccccc2c1. The first-order chi connectivity index (χ1) is 13.7. The zero-order chi connectivity index (χ0) is 19.5. The number of hydrogen-bond acceptors (Lipinski definition) is 2. The van der Waals surface area contributed by atoms with Crippen LogP contribution in [0, 0.1) is 0 Å². The molecule has 1 N–H and O–H groups in total. The van der Waals surface area contributed by atoms with Gasteiger partial charge in [0.05, 0.1) is 17.1 Å². The molecule has 1 heterocycles. The quantitative estimate of drug-likeness (QED) is 0.505. The first kappa shape index (κ1) is 18.2. The van der Waals surface area contributed by atoms with Crippen LogP contribution in [0.2, 0.25) is 0 Å². The van der Waals surface area contributed by atoms with E-state index >= 15 is 0 Å². The predicted molar refractivity (Wildman–Crippen MR) is 114 cm³/mol. The molecule has 0 fully saturated rings. The summed E-state index contributed by atoms with van der Waals surface area (Å²) in [7, 11) is 0. The fourth-order valence-corrected chi connectivity index (χ4v) is 3.72. The van der Waals surface area contributed by atoms with Crippen molar-refractivity contribution in [1.29, 1.82) is 0 Å². The van der Waals surface area contributed by atoms with E-state index < -0.39 is 0 Å². The summed E-state index contributed by atoms with van der Waals surface area (Å²) in [6.07, 6.45) is 1.38. The van der Waals surface area contributed by atoms with Crippen molar-refractivity contribution < 1.29 is 4.79 Å². The molecule has 4 rings (SSSR count). The molecule has 1 amide bonds. The van der Waals surface area contributed by atoms with Crippen LogP contribution >= 0.6 is 0 Å². The molecule has 1 atom stereocenters. The van der Waals surface area contributed by atoms with Crippen LogP contribution < -0.4 is 5.32 Å². The summed E-state index contributed by atoms with van der Waals surface area (Å²) in [6, 6.07) is 23.0. The lowest BCUT2D eigenvalue weighted by molar-refractivity contribution is -0.121. The number of nitrogens with one attached hydrogen (secondary N) is 1. The molecule has 1 unspecified atom stereocenters. The van der Waals surface area contributed by atoms with Gasteiger partial charge in [-0.1, -0.05) is 55.5 Å². The Balaban J connectivity index is 1.72. The highest BCUT2D eigenvalue weighted by molar-refractivity contribution is 5.83. The van der Waals surface area contributed by atoms with Gasteiger partial charge in [-0.15, -0.1) is 0 Å². The third-order valence-corrected chi connectivity index (χ3v) is 5.08. The van der Waals surface area contributed by atoms with Gasteiger partial charge in [0.1, 0.15) is 5.82 Å². The summed E-state index contributed by atoms with van der Waals surface area (Å²) < 4.78 is 2.22.